The van der Waals surface area contributed by atoms with Gasteiger partial charge in [-0.3, -0.25) is 4.48 Å². The Bertz CT molecular complexity index is 373. The van der Waals surface area contributed by atoms with Gasteiger partial charge < -0.3 is 0 Å². The maximum absolute atomic E-state index is 5.95. The number of nitrogens with zero attached hydrogens (tertiary/aromatic N) is 1. The minimum atomic E-state index is -0.417. The van der Waals surface area contributed by atoms with Gasteiger partial charge in [0.05, 0.1) is 13.2 Å². The molecule has 0 bridgehead atoms. The molecule has 0 N–H and O–H groups in total. The van der Waals surface area contributed by atoms with Crippen LogP contribution in [0.1, 0.15) is 11.1 Å². The highest BCUT2D eigenvalue weighted by molar-refractivity contribution is 6.43. The van der Waals surface area contributed by atoms with Gasteiger partial charge in [0.15, 0.2) is 0 Å². The molecular weight excluding hydrogens is 217 g/mol. The fourth-order valence-corrected chi connectivity index (χ4v) is 1.91. The lowest BCUT2D eigenvalue weighted by molar-refractivity contribution is -0.872. The van der Waals surface area contributed by atoms with Gasteiger partial charge in [0.2, 0.25) is 4.96 Å². The molecule has 1 unspecified atom stereocenters. The molecule has 0 spiro atoms. The summed E-state index contributed by atoms with van der Waals surface area (Å²) < 4.78 is 0.542. The molecule has 1 aliphatic heterocycles. The number of rotatable bonds is 1. The van der Waals surface area contributed by atoms with Gasteiger partial charge in [0, 0.05) is 5.56 Å². The monoisotopic (exact) mass is 228 g/mol. The molecule has 74 valence electrons. The Balaban J connectivity index is 2.38. The summed E-state index contributed by atoms with van der Waals surface area (Å²) in [5, 5.41) is 0. The van der Waals surface area contributed by atoms with E-state index in [4.69, 9.17) is 23.2 Å². The minimum Gasteiger partial charge on any atom is -0.268 e. The maximum Gasteiger partial charge on any atom is 0.245 e. The van der Waals surface area contributed by atoms with Crippen molar-refractivity contribution >= 4 is 29.3 Å². The van der Waals surface area contributed by atoms with E-state index in [1.807, 2.05) is 25.4 Å². The molecular formula is C11H12Cl2N+. The highest BCUT2D eigenvalue weighted by Gasteiger charge is 2.30. The van der Waals surface area contributed by atoms with Crippen LogP contribution in [0.2, 0.25) is 0 Å². The van der Waals surface area contributed by atoms with E-state index in [2.05, 4.69) is 18.2 Å². The van der Waals surface area contributed by atoms with Crippen LogP contribution in [0.15, 0.2) is 30.5 Å². The van der Waals surface area contributed by atoms with Gasteiger partial charge in [-0.15, -0.1) is 0 Å². The summed E-state index contributed by atoms with van der Waals surface area (Å²) in [4.78, 5) is -0.417. The van der Waals surface area contributed by atoms with Crippen molar-refractivity contribution in [2.75, 3.05) is 7.05 Å². The van der Waals surface area contributed by atoms with Gasteiger partial charge in [0.1, 0.15) is 6.54 Å². The molecule has 1 aliphatic rings. The molecule has 0 amide bonds. The van der Waals surface area contributed by atoms with Gasteiger partial charge in [-0.1, -0.05) is 24.3 Å². The number of hydrogen-bond acceptors (Lipinski definition) is 0. The molecule has 0 aliphatic carbocycles. The van der Waals surface area contributed by atoms with Crippen molar-refractivity contribution in [3.63, 3.8) is 0 Å². The lowest BCUT2D eigenvalue weighted by Gasteiger charge is -2.34. The van der Waals surface area contributed by atoms with E-state index in [1.165, 1.54) is 11.1 Å². The summed E-state index contributed by atoms with van der Waals surface area (Å²) in [6.45, 7) is 0.852. The summed E-state index contributed by atoms with van der Waals surface area (Å²) >= 11 is 11.9. The molecule has 0 aromatic heterocycles. The topological polar surface area (TPSA) is 0 Å². The predicted octanol–water partition coefficient (Wildman–Crippen LogP) is 3.38. The molecule has 0 saturated heterocycles. The summed E-state index contributed by atoms with van der Waals surface area (Å²) in [5.41, 5.74) is 2.56. The van der Waals surface area contributed by atoms with E-state index in [0.717, 1.165) is 6.54 Å². The molecule has 0 radical (unpaired) electrons. The van der Waals surface area contributed by atoms with Gasteiger partial charge in [-0.25, -0.2) is 0 Å². The van der Waals surface area contributed by atoms with Crippen LogP contribution in [0.5, 0.6) is 0 Å². The van der Waals surface area contributed by atoms with Crippen molar-refractivity contribution in [2.24, 2.45) is 0 Å². The molecule has 1 nitrogen and oxygen atoms in total. The molecule has 1 aromatic carbocycles. The Morgan fingerprint density at radius 1 is 1.29 bits per heavy atom. The molecule has 0 fully saturated rings. The average molecular weight is 229 g/mol. The number of fused-ring (bicyclic) bond motifs is 1. The van der Waals surface area contributed by atoms with Crippen LogP contribution in [0.3, 0.4) is 0 Å². The second kappa shape index (κ2) is 3.58. The fraction of sp³-hybridized carbons (Fsp3) is 0.273. The van der Waals surface area contributed by atoms with Crippen molar-refractivity contribution in [1.29, 1.82) is 0 Å². The van der Waals surface area contributed by atoms with Gasteiger partial charge >= 0.3 is 0 Å². The zero-order valence-corrected chi connectivity index (χ0v) is 9.46. The van der Waals surface area contributed by atoms with Crippen LogP contribution in [-0.2, 0) is 6.54 Å². The zero-order chi connectivity index (χ0) is 10.2. The van der Waals surface area contributed by atoms with Crippen molar-refractivity contribution in [3.05, 3.63) is 41.6 Å². The number of halogens is 2. The fourth-order valence-electron chi connectivity index (χ4n) is 1.65. The SMILES string of the molecule is C[N+]1(C(Cl)Cl)C=Cc2ccccc2C1. The van der Waals surface area contributed by atoms with E-state index in [9.17, 15) is 0 Å². The summed E-state index contributed by atoms with van der Waals surface area (Å²) in [5.74, 6) is 0. The third kappa shape index (κ3) is 1.68. The van der Waals surface area contributed by atoms with Crippen LogP contribution < -0.4 is 0 Å². The lowest BCUT2D eigenvalue weighted by Crippen LogP contribution is -2.42. The summed E-state index contributed by atoms with van der Waals surface area (Å²) in [7, 11) is 2.02. The second-order valence-electron chi connectivity index (χ2n) is 3.80. The minimum absolute atomic E-state index is 0.417. The lowest BCUT2D eigenvalue weighted by atomic mass is 10.0. The van der Waals surface area contributed by atoms with Gasteiger partial charge in [-0.2, -0.15) is 0 Å². The van der Waals surface area contributed by atoms with Crippen LogP contribution in [0, 0.1) is 0 Å². The zero-order valence-electron chi connectivity index (χ0n) is 7.95. The normalized spacial score (nSPS) is 25.1. The van der Waals surface area contributed by atoms with Crippen molar-refractivity contribution < 1.29 is 4.48 Å². The second-order valence-corrected chi connectivity index (χ2v) is 4.85. The number of hydrogen-bond donors (Lipinski definition) is 0. The largest absolute Gasteiger partial charge is 0.268 e. The Morgan fingerprint density at radius 3 is 2.71 bits per heavy atom. The van der Waals surface area contributed by atoms with Crippen molar-refractivity contribution in [3.8, 4) is 0 Å². The average Bonchev–Trinajstić information content (AvgIpc) is 2.17. The van der Waals surface area contributed by atoms with Gasteiger partial charge in [0.25, 0.3) is 0 Å². The Hall–Kier alpha value is -0.500. The first-order valence-electron chi connectivity index (χ1n) is 4.52. The molecule has 1 aromatic rings. The molecule has 3 heteroatoms. The molecule has 2 rings (SSSR count). The van der Waals surface area contributed by atoms with E-state index in [1.54, 1.807) is 0 Å². The standard InChI is InChI=1S/C11H12Cl2N/c1-14(11(12)13)7-6-9-4-2-3-5-10(9)8-14/h2-7,11H,8H2,1H3/q+1. The third-order valence-corrected chi connectivity index (χ3v) is 3.50. The van der Waals surface area contributed by atoms with E-state index >= 15 is 0 Å². The van der Waals surface area contributed by atoms with Crippen molar-refractivity contribution in [2.45, 2.75) is 11.5 Å². The summed E-state index contributed by atoms with van der Waals surface area (Å²) in [6.07, 6.45) is 4.13. The first-order chi connectivity index (χ1) is 6.62. The molecule has 14 heavy (non-hydrogen) atoms. The Morgan fingerprint density at radius 2 is 2.00 bits per heavy atom. The van der Waals surface area contributed by atoms with Gasteiger partial charge in [-0.05, 0) is 34.8 Å². The molecule has 1 atom stereocenters. The van der Waals surface area contributed by atoms with Crippen LogP contribution >= 0.6 is 23.2 Å². The van der Waals surface area contributed by atoms with Crippen LogP contribution in [0.4, 0.5) is 0 Å². The number of quaternary nitrogens is 1. The molecule has 0 saturated carbocycles. The Labute approximate surface area is 94.1 Å². The van der Waals surface area contributed by atoms with Crippen LogP contribution in [-0.4, -0.2) is 16.5 Å². The highest BCUT2D eigenvalue weighted by Crippen LogP contribution is 2.29. The highest BCUT2D eigenvalue weighted by atomic mass is 35.5. The van der Waals surface area contributed by atoms with E-state index in [0.29, 0.717) is 4.48 Å². The molecule has 1 heterocycles. The number of alkyl halides is 2. The third-order valence-electron chi connectivity index (χ3n) is 2.61. The van der Waals surface area contributed by atoms with E-state index in [-0.39, 0.29) is 0 Å². The quantitative estimate of drug-likeness (QED) is 0.393. The van der Waals surface area contributed by atoms with Crippen LogP contribution in [0.25, 0.3) is 6.08 Å². The number of benzene rings is 1. The Kier molecular flexibility index (Phi) is 2.56. The predicted molar refractivity (Wildman–Crippen MR) is 60.9 cm³/mol. The maximum atomic E-state index is 5.95. The first-order valence-corrected chi connectivity index (χ1v) is 5.39. The first kappa shape index (κ1) is 10.0. The van der Waals surface area contributed by atoms with E-state index < -0.39 is 4.96 Å². The van der Waals surface area contributed by atoms with Crippen molar-refractivity contribution in [1.82, 2.24) is 0 Å². The smallest absolute Gasteiger partial charge is 0.245 e. The summed E-state index contributed by atoms with van der Waals surface area (Å²) in [6, 6.07) is 8.30.